The first-order valence-corrected chi connectivity index (χ1v) is 12.4. The van der Waals surface area contributed by atoms with Crippen LogP contribution in [0.5, 0.6) is 5.75 Å². The summed E-state index contributed by atoms with van der Waals surface area (Å²) >= 11 is 6.48. The summed E-state index contributed by atoms with van der Waals surface area (Å²) in [5.74, 6) is -0.200. The number of hydrogen-bond donors (Lipinski definition) is 1. The Morgan fingerprint density at radius 2 is 2.00 bits per heavy atom. The number of halogens is 1. The van der Waals surface area contributed by atoms with E-state index in [0.29, 0.717) is 24.5 Å². The Kier molecular flexibility index (Phi) is 5.39. The second-order valence-corrected chi connectivity index (χ2v) is 10.5. The number of esters is 2. The molecular weight excluding hydrogens is 460 g/mol. The molecule has 0 unspecified atom stereocenters. The number of carbonyl (C=O) groups excluding carboxylic acids is 2. The molecule has 5 rings (SSSR count). The second kappa shape index (κ2) is 7.73. The van der Waals surface area contributed by atoms with Crippen molar-refractivity contribution in [1.82, 2.24) is 4.90 Å². The fourth-order valence-corrected chi connectivity index (χ4v) is 8.53. The van der Waals surface area contributed by atoms with Gasteiger partial charge in [-0.15, -0.1) is 11.6 Å². The first-order chi connectivity index (χ1) is 16.2. The third-order valence-corrected chi connectivity index (χ3v) is 9.52. The Morgan fingerprint density at radius 3 is 2.59 bits per heavy atom. The van der Waals surface area contributed by atoms with Gasteiger partial charge in [-0.3, -0.25) is 9.69 Å². The van der Waals surface area contributed by atoms with Gasteiger partial charge in [0.25, 0.3) is 0 Å². The van der Waals surface area contributed by atoms with Crippen LogP contribution in [0.4, 0.5) is 5.69 Å². The molecule has 8 nitrogen and oxygen atoms in total. The lowest BCUT2D eigenvalue weighted by Crippen LogP contribution is -2.79. The minimum absolute atomic E-state index is 0.0531. The number of aliphatic hydroxyl groups is 1. The minimum atomic E-state index is -2.08. The third-order valence-electron chi connectivity index (χ3n) is 9.17. The average Bonchev–Trinajstić information content (AvgIpc) is 3.46. The molecule has 0 amide bonds. The summed E-state index contributed by atoms with van der Waals surface area (Å²) < 4.78 is 16.7. The van der Waals surface area contributed by atoms with Gasteiger partial charge in [0.2, 0.25) is 5.60 Å². The van der Waals surface area contributed by atoms with Crippen molar-refractivity contribution >= 4 is 29.2 Å². The fourth-order valence-electron chi connectivity index (χ4n) is 8.25. The van der Waals surface area contributed by atoms with E-state index in [0.717, 1.165) is 24.2 Å². The topological polar surface area (TPSA) is 88.5 Å². The van der Waals surface area contributed by atoms with Crippen molar-refractivity contribution in [3.8, 4) is 5.75 Å². The van der Waals surface area contributed by atoms with E-state index in [-0.39, 0.29) is 12.1 Å². The highest BCUT2D eigenvalue weighted by molar-refractivity contribution is 6.18. The maximum absolute atomic E-state index is 13.6. The zero-order valence-corrected chi connectivity index (χ0v) is 21.1. The molecule has 3 fully saturated rings. The number of carbonyl (C=O) groups is 2. The van der Waals surface area contributed by atoms with Gasteiger partial charge >= 0.3 is 11.9 Å². The Labute approximate surface area is 205 Å². The first kappa shape index (κ1) is 23.7. The molecule has 0 radical (unpaired) electrons. The van der Waals surface area contributed by atoms with E-state index < -0.39 is 40.5 Å². The van der Waals surface area contributed by atoms with Crippen molar-refractivity contribution in [2.24, 2.45) is 5.41 Å². The summed E-state index contributed by atoms with van der Waals surface area (Å²) in [5.41, 5.74) is -1.36. The molecule has 1 aromatic rings. The normalized spacial score (nSPS) is 39.9. The summed E-state index contributed by atoms with van der Waals surface area (Å²) in [6.45, 7) is 4.15. The number of likely N-dealkylation sites (N-methyl/N-ethyl adjacent to an activating group) is 1. The molecule has 7 atom stereocenters. The molecule has 4 aliphatic rings. The summed E-state index contributed by atoms with van der Waals surface area (Å²) in [6, 6.07) is 5.24. The van der Waals surface area contributed by atoms with Crippen LogP contribution in [0.3, 0.4) is 0 Å². The molecule has 3 aliphatic heterocycles. The van der Waals surface area contributed by atoms with Gasteiger partial charge in [-0.1, -0.05) is 13.0 Å². The predicted molar refractivity (Wildman–Crippen MR) is 126 cm³/mol. The Balaban J connectivity index is 1.85. The van der Waals surface area contributed by atoms with Crippen LogP contribution in [0.1, 0.15) is 38.7 Å². The van der Waals surface area contributed by atoms with Crippen molar-refractivity contribution in [3.63, 3.8) is 0 Å². The number of anilines is 1. The molecular formula is C25H33ClN2O6. The molecule has 1 aliphatic carbocycles. The number of fused-ring (bicyclic) bond motifs is 1. The minimum Gasteiger partial charge on any atom is -0.497 e. The van der Waals surface area contributed by atoms with Crippen molar-refractivity contribution in [1.29, 1.82) is 0 Å². The van der Waals surface area contributed by atoms with Gasteiger partial charge in [0.05, 0.1) is 20.3 Å². The number of benzene rings is 1. The van der Waals surface area contributed by atoms with Gasteiger partial charge in [0, 0.05) is 54.5 Å². The highest BCUT2D eigenvalue weighted by Crippen LogP contribution is 2.70. The molecule has 1 aromatic carbocycles. The number of alkyl halides is 1. The summed E-state index contributed by atoms with van der Waals surface area (Å²) in [7, 11) is 4.77. The first-order valence-electron chi connectivity index (χ1n) is 11.9. The molecule has 34 heavy (non-hydrogen) atoms. The standard InChI is InChI=1S/C25H33ClN2O6/c1-6-23-12-15(13-26)28-10-9-24(19(23)28)17-8-7-16(32-4)11-18(17)27(3)20(24)25(31,22(30)33-5)21(23)34-14(2)29/h7-8,11,15,19-21,31H,6,9-10,12-13H2,1-5H3/t15-,19-,20+,21+,23+,24+,25-/m0/s1. The molecule has 1 saturated carbocycles. The maximum atomic E-state index is 13.6. The molecule has 1 spiro atoms. The van der Waals surface area contributed by atoms with Crippen molar-refractivity contribution < 1.29 is 28.9 Å². The summed E-state index contributed by atoms with van der Waals surface area (Å²) in [4.78, 5) is 30.4. The number of rotatable bonds is 5. The monoisotopic (exact) mass is 492 g/mol. The number of hydrogen-bond acceptors (Lipinski definition) is 8. The number of methoxy groups -OCH3 is 2. The molecule has 0 aromatic heterocycles. The van der Waals surface area contributed by atoms with E-state index in [9.17, 15) is 14.7 Å². The van der Waals surface area contributed by atoms with Crippen molar-refractivity contribution in [2.75, 3.05) is 38.6 Å². The third kappa shape index (κ3) is 2.57. The van der Waals surface area contributed by atoms with Crippen LogP contribution in [0, 0.1) is 5.41 Å². The van der Waals surface area contributed by atoms with Crippen LogP contribution in [-0.2, 0) is 24.5 Å². The zero-order chi connectivity index (χ0) is 24.6. The average molecular weight is 493 g/mol. The van der Waals surface area contributed by atoms with E-state index in [4.69, 9.17) is 25.8 Å². The summed E-state index contributed by atoms with van der Waals surface area (Å²) in [5, 5.41) is 12.5. The molecule has 2 saturated heterocycles. The van der Waals surface area contributed by atoms with Gasteiger partial charge in [0.1, 0.15) is 5.75 Å². The van der Waals surface area contributed by atoms with E-state index in [1.165, 1.54) is 14.0 Å². The molecule has 1 N–H and O–H groups in total. The predicted octanol–water partition coefficient (Wildman–Crippen LogP) is 2.08. The Hall–Kier alpha value is -2.03. The van der Waals surface area contributed by atoms with Crippen LogP contribution in [0.2, 0.25) is 0 Å². The van der Waals surface area contributed by atoms with Crippen molar-refractivity contribution in [2.45, 2.75) is 68.4 Å². The van der Waals surface area contributed by atoms with Gasteiger partial charge in [-0.25, -0.2) is 4.79 Å². The lowest BCUT2D eigenvalue weighted by atomic mass is 9.48. The van der Waals surface area contributed by atoms with Gasteiger partial charge in [-0.05, 0) is 37.4 Å². The lowest BCUT2D eigenvalue weighted by Gasteiger charge is -2.60. The van der Waals surface area contributed by atoms with E-state index in [2.05, 4.69) is 11.0 Å². The molecule has 186 valence electrons. The van der Waals surface area contributed by atoms with Gasteiger partial charge in [-0.2, -0.15) is 0 Å². The zero-order valence-electron chi connectivity index (χ0n) is 20.3. The van der Waals surface area contributed by atoms with Crippen LogP contribution in [0.25, 0.3) is 0 Å². The van der Waals surface area contributed by atoms with Crippen LogP contribution >= 0.6 is 11.6 Å². The van der Waals surface area contributed by atoms with Gasteiger partial charge < -0.3 is 24.2 Å². The van der Waals surface area contributed by atoms with Crippen LogP contribution < -0.4 is 9.64 Å². The van der Waals surface area contributed by atoms with E-state index >= 15 is 0 Å². The highest BCUT2D eigenvalue weighted by atomic mass is 35.5. The highest BCUT2D eigenvalue weighted by Gasteiger charge is 2.82. The molecule has 9 heteroatoms. The molecule has 0 bridgehead atoms. The van der Waals surface area contributed by atoms with Gasteiger partial charge in [0.15, 0.2) is 6.10 Å². The van der Waals surface area contributed by atoms with Crippen LogP contribution in [-0.4, -0.2) is 85.5 Å². The maximum Gasteiger partial charge on any atom is 0.344 e. The summed E-state index contributed by atoms with van der Waals surface area (Å²) in [6.07, 6.45) is 0.902. The number of ether oxygens (including phenoxy) is 3. The second-order valence-electron chi connectivity index (χ2n) is 10.2. The molecule has 3 heterocycles. The van der Waals surface area contributed by atoms with Crippen molar-refractivity contribution in [3.05, 3.63) is 23.8 Å². The SMILES string of the molecule is CC[C@]12C[C@@H](CCl)N3CC[C@@]4(c5ccc(OC)cc5N(C)[C@H]4[C@@](O)(C(=O)OC)[C@@H]1OC(C)=O)[C@@H]32. The van der Waals surface area contributed by atoms with Crippen LogP contribution in [0.15, 0.2) is 18.2 Å². The Morgan fingerprint density at radius 1 is 1.26 bits per heavy atom. The number of nitrogens with zero attached hydrogens (tertiary/aromatic N) is 2. The Bertz CT molecular complexity index is 1040. The smallest absolute Gasteiger partial charge is 0.344 e. The largest absolute Gasteiger partial charge is 0.497 e. The van der Waals surface area contributed by atoms with E-state index in [1.54, 1.807) is 7.11 Å². The quantitative estimate of drug-likeness (QED) is 0.494. The lowest BCUT2D eigenvalue weighted by molar-refractivity contribution is -0.229. The fraction of sp³-hybridized carbons (Fsp3) is 0.680. The van der Waals surface area contributed by atoms with E-state index in [1.807, 2.05) is 31.0 Å².